The van der Waals surface area contributed by atoms with E-state index in [1.165, 1.54) is 0 Å². The van der Waals surface area contributed by atoms with E-state index in [1.54, 1.807) is 13.3 Å². The second kappa shape index (κ2) is 7.03. The van der Waals surface area contributed by atoms with Gasteiger partial charge in [-0.05, 0) is 19.2 Å². The van der Waals surface area contributed by atoms with E-state index in [9.17, 15) is 0 Å². The highest BCUT2D eigenvalue weighted by atomic mass is 16.5. The molecule has 3 N–H and O–H groups in total. The van der Waals surface area contributed by atoms with E-state index < -0.39 is 0 Å². The molecule has 1 aromatic rings. The number of rotatable bonds is 7. The smallest absolute Gasteiger partial charge is 0.146 e. The molecule has 1 heterocycles. The van der Waals surface area contributed by atoms with Gasteiger partial charge >= 0.3 is 0 Å². The fourth-order valence-corrected chi connectivity index (χ4v) is 1.31. The van der Waals surface area contributed by atoms with Crippen LogP contribution >= 0.6 is 0 Å². The number of likely N-dealkylation sites (N-methyl/N-ethyl adjacent to an activating group) is 1. The van der Waals surface area contributed by atoms with E-state index in [1.807, 2.05) is 12.1 Å². The molecule has 16 heavy (non-hydrogen) atoms. The Morgan fingerprint density at radius 1 is 1.50 bits per heavy atom. The minimum Gasteiger partial charge on any atom is -0.383 e. The van der Waals surface area contributed by atoms with Gasteiger partial charge in [0.25, 0.3) is 0 Å². The Morgan fingerprint density at radius 2 is 2.31 bits per heavy atom. The van der Waals surface area contributed by atoms with Crippen molar-refractivity contribution >= 4 is 11.5 Å². The van der Waals surface area contributed by atoms with Gasteiger partial charge in [0.1, 0.15) is 5.82 Å². The molecule has 0 aliphatic carbocycles. The zero-order chi connectivity index (χ0) is 11.8. The fraction of sp³-hybridized carbons (Fsp3) is 0.545. The zero-order valence-electron chi connectivity index (χ0n) is 9.94. The number of nitrogens with zero attached hydrogens (tertiary/aromatic N) is 2. The maximum absolute atomic E-state index is 5.71. The molecular weight excluding hydrogens is 204 g/mol. The van der Waals surface area contributed by atoms with Gasteiger partial charge in [-0.1, -0.05) is 0 Å². The van der Waals surface area contributed by atoms with E-state index in [0.717, 1.165) is 31.9 Å². The molecule has 5 heteroatoms. The molecule has 0 spiro atoms. The summed E-state index contributed by atoms with van der Waals surface area (Å²) in [6.07, 6.45) is 1.69. The largest absolute Gasteiger partial charge is 0.383 e. The summed E-state index contributed by atoms with van der Waals surface area (Å²) in [7, 11) is 3.77. The SMILES string of the molecule is COCCN(C)CCNc1cccnc1N. The number of hydrogen-bond acceptors (Lipinski definition) is 5. The third-order valence-corrected chi connectivity index (χ3v) is 2.32. The number of nitrogens with two attached hydrogens (primary N) is 1. The Hall–Kier alpha value is -1.33. The Labute approximate surface area is 96.6 Å². The molecule has 1 aromatic heterocycles. The third kappa shape index (κ3) is 4.46. The zero-order valence-corrected chi connectivity index (χ0v) is 9.94. The van der Waals surface area contributed by atoms with Crippen molar-refractivity contribution in [3.05, 3.63) is 18.3 Å². The molecule has 0 unspecified atom stereocenters. The summed E-state index contributed by atoms with van der Waals surface area (Å²) in [5.74, 6) is 0.544. The van der Waals surface area contributed by atoms with E-state index in [-0.39, 0.29) is 0 Å². The van der Waals surface area contributed by atoms with Crippen molar-refractivity contribution in [3.8, 4) is 0 Å². The molecular formula is C11H20N4O. The van der Waals surface area contributed by atoms with Gasteiger partial charge in [0.05, 0.1) is 12.3 Å². The van der Waals surface area contributed by atoms with Crippen LogP contribution in [-0.2, 0) is 4.74 Å². The number of aromatic nitrogens is 1. The van der Waals surface area contributed by atoms with Crippen LogP contribution in [0.5, 0.6) is 0 Å². The Balaban J connectivity index is 2.23. The quantitative estimate of drug-likeness (QED) is 0.712. The fourth-order valence-electron chi connectivity index (χ4n) is 1.31. The standard InChI is InChI=1S/C11H20N4O/c1-15(8-9-16-2)7-6-13-10-4-3-5-14-11(10)12/h3-5,13H,6-9H2,1-2H3,(H2,12,14). The molecule has 0 saturated heterocycles. The van der Waals surface area contributed by atoms with E-state index in [2.05, 4.69) is 22.2 Å². The average molecular weight is 224 g/mol. The minimum absolute atomic E-state index is 0.544. The van der Waals surface area contributed by atoms with Crippen LogP contribution in [0.4, 0.5) is 11.5 Å². The van der Waals surface area contributed by atoms with Crippen LogP contribution in [0.25, 0.3) is 0 Å². The second-order valence-electron chi connectivity index (χ2n) is 3.66. The molecule has 0 aromatic carbocycles. The Bertz CT molecular complexity index is 306. The van der Waals surface area contributed by atoms with E-state index in [4.69, 9.17) is 10.5 Å². The first-order chi connectivity index (χ1) is 7.74. The first-order valence-corrected chi connectivity index (χ1v) is 5.36. The summed E-state index contributed by atoms with van der Waals surface area (Å²) in [5, 5.41) is 3.25. The first-order valence-electron chi connectivity index (χ1n) is 5.36. The lowest BCUT2D eigenvalue weighted by Gasteiger charge is -2.16. The monoisotopic (exact) mass is 224 g/mol. The highest BCUT2D eigenvalue weighted by molar-refractivity contribution is 5.60. The van der Waals surface area contributed by atoms with E-state index >= 15 is 0 Å². The molecule has 5 nitrogen and oxygen atoms in total. The highest BCUT2D eigenvalue weighted by Crippen LogP contribution is 2.12. The van der Waals surface area contributed by atoms with E-state index in [0.29, 0.717) is 5.82 Å². The van der Waals surface area contributed by atoms with Gasteiger partial charge in [0.2, 0.25) is 0 Å². The van der Waals surface area contributed by atoms with Gasteiger partial charge in [0, 0.05) is 32.9 Å². The lowest BCUT2D eigenvalue weighted by atomic mass is 10.4. The summed E-state index contributed by atoms with van der Waals surface area (Å²) in [4.78, 5) is 6.21. The maximum Gasteiger partial charge on any atom is 0.146 e. The summed E-state index contributed by atoms with van der Waals surface area (Å²) in [5.41, 5.74) is 6.60. The topological polar surface area (TPSA) is 63.4 Å². The van der Waals surface area contributed by atoms with Gasteiger partial charge in [0.15, 0.2) is 0 Å². The molecule has 0 bridgehead atoms. The summed E-state index contributed by atoms with van der Waals surface area (Å²) >= 11 is 0. The van der Waals surface area contributed by atoms with Crippen molar-refractivity contribution in [2.24, 2.45) is 0 Å². The molecule has 0 atom stereocenters. The highest BCUT2D eigenvalue weighted by Gasteiger charge is 1.99. The number of nitrogens with one attached hydrogen (secondary N) is 1. The van der Waals surface area contributed by atoms with Crippen LogP contribution in [0.2, 0.25) is 0 Å². The number of nitrogen functional groups attached to an aromatic ring is 1. The van der Waals surface area contributed by atoms with Crippen LogP contribution < -0.4 is 11.1 Å². The third-order valence-electron chi connectivity index (χ3n) is 2.32. The van der Waals surface area contributed by atoms with Crippen molar-refractivity contribution in [1.82, 2.24) is 9.88 Å². The Kier molecular flexibility index (Phi) is 5.60. The molecule has 0 amide bonds. The predicted molar refractivity (Wildman–Crippen MR) is 66.5 cm³/mol. The Morgan fingerprint density at radius 3 is 3.00 bits per heavy atom. The number of anilines is 2. The molecule has 0 aliphatic rings. The number of methoxy groups -OCH3 is 1. The number of ether oxygens (including phenoxy) is 1. The van der Waals surface area contributed by atoms with Crippen molar-refractivity contribution in [2.45, 2.75) is 0 Å². The van der Waals surface area contributed by atoms with Gasteiger partial charge in [-0.2, -0.15) is 0 Å². The van der Waals surface area contributed by atoms with Crippen molar-refractivity contribution in [2.75, 3.05) is 51.4 Å². The second-order valence-corrected chi connectivity index (χ2v) is 3.66. The van der Waals surface area contributed by atoms with Crippen LogP contribution in [0.1, 0.15) is 0 Å². The van der Waals surface area contributed by atoms with Gasteiger partial charge < -0.3 is 20.7 Å². The van der Waals surface area contributed by atoms with Crippen LogP contribution in [0.15, 0.2) is 18.3 Å². The van der Waals surface area contributed by atoms with Gasteiger partial charge in [-0.3, -0.25) is 0 Å². The predicted octanol–water partition coefficient (Wildman–Crippen LogP) is 0.654. The van der Waals surface area contributed by atoms with Crippen molar-refractivity contribution in [1.29, 1.82) is 0 Å². The lowest BCUT2D eigenvalue weighted by Crippen LogP contribution is -2.28. The minimum atomic E-state index is 0.544. The molecule has 0 fully saturated rings. The van der Waals surface area contributed by atoms with Crippen LogP contribution in [0, 0.1) is 0 Å². The summed E-state index contributed by atoms with van der Waals surface area (Å²) < 4.78 is 5.00. The number of pyridine rings is 1. The van der Waals surface area contributed by atoms with Crippen molar-refractivity contribution < 1.29 is 4.74 Å². The molecule has 0 aliphatic heterocycles. The summed E-state index contributed by atoms with van der Waals surface area (Å²) in [6, 6.07) is 3.80. The average Bonchev–Trinajstić information content (AvgIpc) is 2.29. The molecule has 1 rings (SSSR count). The van der Waals surface area contributed by atoms with Crippen molar-refractivity contribution in [3.63, 3.8) is 0 Å². The maximum atomic E-state index is 5.71. The van der Waals surface area contributed by atoms with Crippen LogP contribution in [0.3, 0.4) is 0 Å². The van der Waals surface area contributed by atoms with Gasteiger partial charge in [-0.25, -0.2) is 4.98 Å². The van der Waals surface area contributed by atoms with Crippen LogP contribution in [-0.4, -0.2) is 50.3 Å². The first kappa shape index (κ1) is 12.7. The molecule has 90 valence electrons. The lowest BCUT2D eigenvalue weighted by molar-refractivity contribution is 0.163. The number of hydrogen-bond donors (Lipinski definition) is 2. The van der Waals surface area contributed by atoms with Gasteiger partial charge in [-0.15, -0.1) is 0 Å². The molecule has 0 saturated carbocycles. The normalized spacial score (nSPS) is 10.7. The molecule has 0 radical (unpaired) electrons. The summed E-state index contributed by atoms with van der Waals surface area (Å²) in [6.45, 7) is 3.47.